The van der Waals surface area contributed by atoms with Gasteiger partial charge in [0.15, 0.2) is 0 Å². The van der Waals surface area contributed by atoms with E-state index in [1.54, 1.807) is 4.90 Å². The van der Waals surface area contributed by atoms with Crippen LogP contribution in [0.2, 0.25) is 0 Å². The average molecular weight is 270 g/mol. The van der Waals surface area contributed by atoms with Crippen LogP contribution in [0.3, 0.4) is 0 Å². The molecule has 1 aliphatic heterocycles. The molecule has 102 valence electrons. The zero-order valence-electron chi connectivity index (χ0n) is 10.8. The Balaban J connectivity index is 1.99. The van der Waals surface area contributed by atoms with Crippen LogP contribution >= 0.6 is 0 Å². The minimum atomic E-state index is -0.459. The lowest BCUT2D eigenvalue weighted by Crippen LogP contribution is -2.34. The summed E-state index contributed by atoms with van der Waals surface area (Å²) in [4.78, 5) is 25.2. The maximum atomic E-state index is 12.6. The minimum Gasteiger partial charge on any atom is -0.430 e. The van der Waals surface area contributed by atoms with Gasteiger partial charge in [0.2, 0.25) is 0 Å². The van der Waals surface area contributed by atoms with Gasteiger partial charge in [-0.3, -0.25) is 4.79 Å². The number of amides is 1. The molecule has 20 heavy (non-hydrogen) atoms. The Morgan fingerprint density at radius 2 is 2.05 bits per heavy atom. The van der Waals surface area contributed by atoms with Crippen LogP contribution in [0, 0.1) is 0 Å². The minimum absolute atomic E-state index is 0.162. The van der Waals surface area contributed by atoms with Crippen molar-refractivity contribution in [1.82, 2.24) is 5.32 Å². The van der Waals surface area contributed by atoms with E-state index >= 15 is 0 Å². The molecule has 5 heteroatoms. The second-order valence-electron chi connectivity index (χ2n) is 4.61. The van der Waals surface area contributed by atoms with Crippen LogP contribution in [0.5, 0.6) is 0 Å². The predicted molar refractivity (Wildman–Crippen MR) is 74.8 cm³/mol. The van der Waals surface area contributed by atoms with Crippen LogP contribution in [-0.2, 0) is 6.54 Å². The van der Waals surface area contributed by atoms with Gasteiger partial charge in [-0.25, -0.2) is 4.79 Å². The fraction of sp³-hybridized carbons (Fsp3) is 0.200. The van der Waals surface area contributed by atoms with Crippen molar-refractivity contribution in [2.24, 2.45) is 0 Å². The molecule has 0 aliphatic carbocycles. The van der Waals surface area contributed by atoms with Crippen LogP contribution in [-0.4, -0.2) is 19.0 Å². The quantitative estimate of drug-likeness (QED) is 0.850. The van der Waals surface area contributed by atoms with E-state index in [1.807, 2.05) is 24.3 Å². The van der Waals surface area contributed by atoms with Crippen molar-refractivity contribution in [3.05, 3.63) is 64.2 Å². The standard InChI is InChI=1S/C15H14N2O3/c18-14-6-5-12(10-20-14)15(19)17-8-7-16-9-11-3-1-2-4-13(11)17/h1-6,10,16H,7-9H2. The van der Waals surface area contributed by atoms with Gasteiger partial charge >= 0.3 is 5.63 Å². The molecule has 1 aromatic heterocycles. The molecule has 0 saturated carbocycles. The van der Waals surface area contributed by atoms with E-state index in [0.717, 1.165) is 24.3 Å². The van der Waals surface area contributed by atoms with Gasteiger partial charge in [0, 0.05) is 31.4 Å². The van der Waals surface area contributed by atoms with E-state index in [9.17, 15) is 9.59 Å². The van der Waals surface area contributed by atoms with E-state index in [1.165, 1.54) is 18.4 Å². The van der Waals surface area contributed by atoms with Crippen molar-refractivity contribution < 1.29 is 9.21 Å². The lowest BCUT2D eigenvalue weighted by atomic mass is 10.1. The van der Waals surface area contributed by atoms with Gasteiger partial charge in [0.25, 0.3) is 5.91 Å². The number of hydrogen-bond acceptors (Lipinski definition) is 4. The van der Waals surface area contributed by atoms with Gasteiger partial charge in [-0.05, 0) is 17.7 Å². The van der Waals surface area contributed by atoms with E-state index in [0.29, 0.717) is 12.1 Å². The number of fused-ring (bicyclic) bond motifs is 1. The Morgan fingerprint density at radius 1 is 1.20 bits per heavy atom. The fourth-order valence-corrected chi connectivity index (χ4v) is 2.30. The maximum absolute atomic E-state index is 12.6. The van der Waals surface area contributed by atoms with Crippen LogP contribution in [0.4, 0.5) is 5.69 Å². The zero-order valence-corrected chi connectivity index (χ0v) is 10.8. The first-order valence-electron chi connectivity index (χ1n) is 6.45. The van der Waals surface area contributed by atoms with E-state index < -0.39 is 5.63 Å². The predicted octanol–water partition coefficient (Wildman–Crippen LogP) is 1.39. The van der Waals surface area contributed by atoms with Crippen LogP contribution < -0.4 is 15.8 Å². The fourth-order valence-electron chi connectivity index (χ4n) is 2.30. The molecular weight excluding hydrogens is 256 g/mol. The van der Waals surface area contributed by atoms with E-state index in [2.05, 4.69) is 5.32 Å². The van der Waals surface area contributed by atoms with Crippen molar-refractivity contribution in [1.29, 1.82) is 0 Å². The van der Waals surface area contributed by atoms with Gasteiger partial charge in [0.1, 0.15) is 6.26 Å². The highest BCUT2D eigenvalue weighted by Gasteiger charge is 2.22. The Bertz CT molecular complexity index is 673. The topological polar surface area (TPSA) is 62.6 Å². The third-order valence-corrected chi connectivity index (χ3v) is 3.30. The Hall–Kier alpha value is -2.40. The summed E-state index contributed by atoms with van der Waals surface area (Å²) in [5.41, 5.74) is 1.89. The molecule has 0 saturated heterocycles. The summed E-state index contributed by atoms with van der Waals surface area (Å²) in [6.07, 6.45) is 1.21. The van der Waals surface area contributed by atoms with Gasteiger partial charge in [0.05, 0.1) is 5.56 Å². The van der Waals surface area contributed by atoms with Crippen molar-refractivity contribution in [2.75, 3.05) is 18.0 Å². The molecule has 0 spiro atoms. The summed E-state index contributed by atoms with van der Waals surface area (Å²) in [5, 5.41) is 3.28. The SMILES string of the molecule is O=C(c1ccc(=O)oc1)N1CCNCc2ccccc21. The summed E-state index contributed by atoms with van der Waals surface area (Å²) >= 11 is 0. The monoisotopic (exact) mass is 270 g/mol. The lowest BCUT2D eigenvalue weighted by Gasteiger charge is -2.22. The number of benzene rings is 1. The molecule has 1 aromatic carbocycles. The number of carbonyl (C=O) groups excluding carboxylic acids is 1. The van der Waals surface area contributed by atoms with Gasteiger partial charge < -0.3 is 14.6 Å². The highest BCUT2D eigenvalue weighted by molar-refractivity contribution is 6.06. The Morgan fingerprint density at radius 3 is 2.85 bits per heavy atom. The molecule has 0 unspecified atom stereocenters. The average Bonchev–Trinajstić information content (AvgIpc) is 2.69. The van der Waals surface area contributed by atoms with Crippen LogP contribution in [0.15, 0.2) is 51.9 Å². The second kappa shape index (κ2) is 5.30. The highest BCUT2D eigenvalue weighted by atomic mass is 16.4. The first kappa shape index (κ1) is 12.6. The molecule has 0 radical (unpaired) electrons. The third-order valence-electron chi connectivity index (χ3n) is 3.30. The third kappa shape index (κ3) is 2.35. The Labute approximate surface area is 115 Å². The van der Waals surface area contributed by atoms with Crippen LogP contribution in [0.1, 0.15) is 15.9 Å². The number of rotatable bonds is 1. The number of nitrogens with zero attached hydrogens (tertiary/aromatic N) is 1. The molecular formula is C15H14N2O3. The van der Waals surface area contributed by atoms with Crippen LogP contribution in [0.25, 0.3) is 0 Å². The Kier molecular flexibility index (Phi) is 3.35. The summed E-state index contributed by atoms with van der Waals surface area (Å²) in [6.45, 7) is 2.04. The van der Waals surface area contributed by atoms with E-state index in [4.69, 9.17) is 4.42 Å². The molecule has 2 heterocycles. The highest BCUT2D eigenvalue weighted by Crippen LogP contribution is 2.23. The molecule has 0 atom stereocenters. The molecule has 0 bridgehead atoms. The van der Waals surface area contributed by atoms with E-state index in [-0.39, 0.29) is 5.91 Å². The lowest BCUT2D eigenvalue weighted by molar-refractivity contribution is 0.0985. The second-order valence-corrected chi connectivity index (χ2v) is 4.61. The number of nitrogens with one attached hydrogen (secondary N) is 1. The summed E-state index contributed by atoms with van der Waals surface area (Å²) in [7, 11) is 0. The van der Waals surface area contributed by atoms with Crippen molar-refractivity contribution in [2.45, 2.75) is 6.54 Å². The molecule has 2 aromatic rings. The van der Waals surface area contributed by atoms with Gasteiger partial charge in [-0.15, -0.1) is 0 Å². The normalized spacial score (nSPS) is 14.5. The van der Waals surface area contributed by atoms with Crippen molar-refractivity contribution >= 4 is 11.6 Å². The molecule has 1 amide bonds. The van der Waals surface area contributed by atoms with Crippen molar-refractivity contribution in [3.63, 3.8) is 0 Å². The summed E-state index contributed by atoms with van der Waals surface area (Å²) in [5.74, 6) is -0.162. The molecule has 1 N–H and O–H groups in total. The number of anilines is 1. The summed E-state index contributed by atoms with van der Waals surface area (Å²) in [6, 6.07) is 10.5. The smallest absolute Gasteiger partial charge is 0.335 e. The molecule has 5 nitrogen and oxygen atoms in total. The molecule has 1 aliphatic rings. The number of hydrogen-bond donors (Lipinski definition) is 1. The first-order chi connectivity index (χ1) is 9.75. The largest absolute Gasteiger partial charge is 0.430 e. The molecule has 0 fully saturated rings. The zero-order chi connectivity index (χ0) is 13.9. The van der Waals surface area contributed by atoms with Gasteiger partial charge in [-0.1, -0.05) is 18.2 Å². The number of para-hydroxylation sites is 1. The van der Waals surface area contributed by atoms with Crippen molar-refractivity contribution in [3.8, 4) is 0 Å². The number of carbonyl (C=O) groups is 1. The summed E-state index contributed by atoms with van der Waals surface area (Å²) < 4.78 is 4.77. The van der Waals surface area contributed by atoms with Gasteiger partial charge in [-0.2, -0.15) is 0 Å². The molecule has 3 rings (SSSR count). The first-order valence-corrected chi connectivity index (χ1v) is 6.45. The maximum Gasteiger partial charge on any atom is 0.335 e.